The second kappa shape index (κ2) is 7.68. The van der Waals surface area contributed by atoms with Gasteiger partial charge in [-0.1, -0.05) is 18.2 Å². The fourth-order valence-corrected chi connectivity index (χ4v) is 2.41. The van der Waals surface area contributed by atoms with Crippen LogP contribution in [0, 0.1) is 17.5 Å². The van der Waals surface area contributed by atoms with Crippen molar-refractivity contribution in [2.45, 2.75) is 18.6 Å². The molecule has 10 heteroatoms. The third-order valence-corrected chi connectivity index (χ3v) is 3.63. The van der Waals surface area contributed by atoms with Gasteiger partial charge in [0.1, 0.15) is 29.1 Å². The Bertz CT molecular complexity index is 859. The summed E-state index contributed by atoms with van der Waals surface area (Å²) < 4.78 is 79.3. The molecule has 0 aromatic heterocycles. The quantitative estimate of drug-likeness (QED) is 0.771. The molecule has 0 saturated carbocycles. The molecule has 3 N–H and O–H groups in total. The largest absolute Gasteiger partial charge is 0.416 e. The molecule has 0 aliphatic heterocycles. The zero-order valence-electron chi connectivity index (χ0n) is 13.4. The van der Waals surface area contributed by atoms with Gasteiger partial charge in [0.15, 0.2) is 0 Å². The maximum atomic E-state index is 13.7. The van der Waals surface area contributed by atoms with E-state index >= 15 is 0 Å². The van der Waals surface area contributed by atoms with Crippen LogP contribution in [0.1, 0.15) is 21.5 Å². The van der Waals surface area contributed by atoms with E-state index < -0.39 is 59.0 Å². The van der Waals surface area contributed by atoms with Crippen molar-refractivity contribution in [3.8, 4) is 0 Å². The van der Waals surface area contributed by atoms with Crippen molar-refractivity contribution in [1.29, 1.82) is 0 Å². The zero-order chi connectivity index (χ0) is 20.4. The predicted octanol–water partition coefficient (Wildman–Crippen LogP) is 2.95. The van der Waals surface area contributed by atoms with Crippen LogP contribution in [0.15, 0.2) is 36.4 Å². The molecule has 144 valence electrons. The maximum Gasteiger partial charge on any atom is 0.416 e. The van der Waals surface area contributed by atoms with E-state index in [1.807, 2.05) is 5.32 Å². The number of nitrogens with one attached hydrogen (secondary N) is 1. The Hall–Kier alpha value is -3.04. The molecule has 0 heterocycles. The number of alkyl halides is 3. The van der Waals surface area contributed by atoms with E-state index in [9.17, 15) is 35.9 Å². The molecule has 2 rings (SSSR count). The summed E-state index contributed by atoms with van der Waals surface area (Å²) in [7, 11) is 0. The van der Waals surface area contributed by atoms with Crippen molar-refractivity contribution in [3.63, 3.8) is 0 Å². The Balaban J connectivity index is 2.31. The summed E-state index contributed by atoms with van der Waals surface area (Å²) in [4.78, 5) is 23.6. The molecule has 0 spiro atoms. The lowest BCUT2D eigenvalue weighted by atomic mass is 9.99. The summed E-state index contributed by atoms with van der Waals surface area (Å²) in [5, 5.41) is 1.88. The number of carbonyl (C=O) groups is 2. The first kappa shape index (κ1) is 20.3. The third-order valence-electron chi connectivity index (χ3n) is 3.63. The van der Waals surface area contributed by atoms with Gasteiger partial charge in [0.2, 0.25) is 5.91 Å². The predicted molar refractivity (Wildman–Crippen MR) is 81.9 cm³/mol. The van der Waals surface area contributed by atoms with E-state index in [0.717, 1.165) is 18.2 Å². The summed E-state index contributed by atoms with van der Waals surface area (Å²) in [6.45, 7) is 0. The summed E-state index contributed by atoms with van der Waals surface area (Å²) in [5.41, 5.74) is 2.50. The number of nitrogens with two attached hydrogens (primary N) is 1. The van der Waals surface area contributed by atoms with Crippen LogP contribution in [0.5, 0.6) is 0 Å². The molecule has 0 aliphatic carbocycles. The van der Waals surface area contributed by atoms with E-state index in [-0.39, 0.29) is 17.7 Å². The van der Waals surface area contributed by atoms with E-state index in [2.05, 4.69) is 0 Å². The van der Waals surface area contributed by atoms with Crippen molar-refractivity contribution in [3.05, 3.63) is 70.5 Å². The van der Waals surface area contributed by atoms with Gasteiger partial charge in [0.25, 0.3) is 5.91 Å². The minimum absolute atomic E-state index is 0.246. The van der Waals surface area contributed by atoms with Crippen LogP contribution in [-0.4, -0.2) is 17.9 Å². The van der Waals surface area contributed by atoms with Crippen LogP contribution >= 0.6 is 0 Å². The summed E-state index contributed by atoms with van der Waals surface area (Å²) in [5.74, 6) is -7.03. The van der Waals surface area contributed by atoms with E-state index in [1.54, 1.807) is 0 Å². The Morgan fingerprint density at radius 3 is 2.11 bits per heavy atom. The summed E-state index contributed by atoms with van der Waals surface area (Å²) in [6.07, 6.45) is -5.39. The Labute approximate surface area is 149 Å². The summed E-state index contributed by atoms with van der Waals surface area (Å²) >= 11 is 0. The van der Waals surface area contributed by atoms with Crippen molar-refractivity contribution < 1.29 is 35.9 Å². The number of carbonyl (C=O) groups excluding carboxylic acids is 2. The van der Waals surface area contributed by atoms with Gasteiger partial charge in [-0.2, -0.15) is 13.2 Å². The molecular formula is C17H12F6N2O2. The number of rotatable bonds is 5. The molecule has 0 fully saturated rings. The molecule has 2 aromatic carbocycles. The number of hydrogen-bond acceptors (Lipinski definition) is 2. The van der Waals surface area contributed by atoms with E-state index in [0.29, 0.717) is 0 Å². The van der Waals surface area contributed by atoms with Crippen LogP contribution < -0.4 is 11.1 Å². The Kier molecular flexibility index (Phi) is 5.77. The highest BCUT2D eigenvalue weighted by molar-refractivity contribution is 5.97. The van der Waals surface area contributed by atoms with Gasteiger partial charge in [-0.3, -0.25) is 9.59 Å². The van der Waals surface area contributed by atoms with Gasteiger partial charge >= 0.3 is 6.18 Å². The Morgan fingerprint density at radius 1 is 1.04 bits per heavy atom. The second-order valence-corrected chi connectivity index (χ2v) is 5.53. The topological polar surface area (TPSA) is 72.2 Å². The lowest BCUT2D eigenvalue weighted by Gasteiger charge is -2.19. The average molecular weight is 390 g/mol. The molecule has 27 heavy (non-hydrogen) atoms. The standard InChI is InChI=1S/C17H12F6N2O2/c18-9-6-11(19)14(12(20)7-9)16(27)25-13(15(24)26)5-8-3-1-2-4-10(8)17(21,22)23/h1-4,6-7,13H,5H2,(H2,24,26)(H,25,27)/t13-/m1/s1. The first-order chi connectivity index (χ1) is 12.5. The molecule has 0 unspecified atom stereocenters. The molecule has 0 radical (unpaired) electrons. The highest BCUT2D eigenvalue weighted by Gasteiger charge is 2.34. The van der Waals surface area contributed by atoms with Crippen LogP contribution in [0.3, 0.4) is 0 Å². The van der Waals surface area contributed by atoms with E-state index in [4.69, 9.17) is 5.73 Å². The minimum atomic E-state index is -4.72. The number of amides is 2. The van der Waals surface area contributed by atoms with Gasteiger partial charge in [0.05, 0.1) is 5.56 Å². The van der Waals surface area contributed by atoms with Crippen molar-refractivity contribution >= 4 is 11.8 Å². The fraction of sp³-hybridized carbons (Fsp3) is 0.176. The smallest absolute Gasteiger partial charge is 0.368 e. The van der Waals surface area contributed by atoms with Gasteiger partial charge in [-0.25, -0.2) is 13.2 Å². The number of halogens is 6. The summed E-state index contributed by atoms with van der Waals surface area (Å²) in [6, 6.07) is 3.06. The van der Waals surface area contributed by atoms with Gasteiger partial charge in [-0.15, -0.1) is 0 Å². The molecular weight excluding hydrogens is 378 g/mol. The first-order valence-electron chi connectivity index (χ1n) is 7.40. The van der Waals surface area contributed by atoms with Crippen LogP contribution in [0.25, 0.3) is 0 Å². The number of benzene rings is 2. The van der Waals surface area contributed by atoms with Gasteiger partial charge in [0, 0.05) is 18.6 Å². The monoisotopic (exact) mass is 390 g/mol. The average Bonchev–Trinajstić information content (AvgIpc) is 2.52. The molecule has 2 amide bonds. The van der Waals surface area contributed by atoms with Crippen LogP contribution in [0.4, 0.5) is 26.3 Å². The molecule has 0 aliphatic rings. The normalized spacial score (nSPS) is 12.5. The molecule has 2 aromatic rings. The number of hydrogen-bond donors (Lipinski definition) is 2. The lowest BCUT2D eigenvalue weighted by Crippen LogP contribution is -2.46. The first-order valence-corrected chi connectivity index (χ1v) is 7.40. The number of primary amides is 1. The molecule has 1 atom stereocenters. The van der Waals surface area contributed by atoms with Crippen molar-refractivity contribution in [2.24, 2.45) is 5.73 Å². The van der Waals surface area contributed by atoms with Crippen LogP contribution in [-0.2, 0) is 17.4 Å². The SMILES string of the molecule is NC(=O)[C@@H](Cc1ccccc1C(F)(F)F)NC(=O)c1c(F)cc(F)cc1F. The van der Waals surface area contributed by atoms with Gasteiger partial charge in [-0.05, 0) is 11.6 Å². The maximum absolute atomic E-state index is 13.7. The molecule has 0 saturated heterocycles. The minimum Gasteiger partial charge on any atom is -0.368 e. The Morgan fingerprint density at radius 2 is 1.59 bits per heavy atom. The second-order valence-electron chi connectivity index (χ2n) is 5.53. The highest BCUT2D eigenvalue weighted by atomic mass is 19.4. The van der Waals surface area contributed by atoms with Crippen LogP contribution in [0.2, 0.25) is 0 Å². The molecule has 0 bridgehead atoms. The fourth-order valence-electron chi connectivity index (χ4n) is 2.41. The lowest BCUT2D eigenvalue weighted by molar-refractivity contribution is -0.138. The molecule has 4 nitrogen and oxygen atoms in total. The van der Waals surface area contributed by atoms with Gasteiger partial charge < -0.3 is 11.1 Å². The zero-order valence-corrected chi connectivity index (χ0v) is 13.4. The van der Waals surface area contributed by atoms with E-state index in [1.165, 1.54) is 6.07 Å². The highest BCUT2D eigenvalue weighted by Crippen LogP contribution is 2.32. The third kappa shape index (κ3) is 4.78. The van der Waals surface area contributed by atoms with Crippen molar-refractivity contribution in [2.75, 3.05) is 0 Å². The van der Waals surface area contributed by atoms with Crippen molar-refractivity contribution in [1.82, 2.24) is 5.32 Å².